The molecule has 0 spiro atoms. The number of methoxy groups -OCH3 is 1. The van der Waals surface area contributed by atoms with Crippen LogP contribution in [0.5, 0.6) is 17.2 Å². The highest BCUT2D eigenvalue weighted by molar-refractivity contribution is 6.00. The number of amides is 1. The Morgan fingerprint density at radius 3 is 2.75 bits per heavy atom. The molecule has 2 aliphatic heterocycles. The van der Waals surface area contributed by atoms with Gasteiger partial charge in [0.15, 0.2) is 17.6 Å². The zero-order valence-electron chi connectivity index (χ0n) is 15.8. The van der Waals surface area contributed by atoms with Crippen molar-refractivity contribution in [3.63, 3.8) is 0 Å². The average molecular weight is 383 g/mol. The fourth-order valence-corrected chi connectivity index (χ4v) is 3.46. The van der Waals surface area contributed by atoms with Gasteiger partial charge in [-0.2, -0.15) is 0 Å². The first kappa shape index (κ1) is 18.2. The number of para-hydroxylation sites is 1. The van der Waals surface area contributed by atoms with Gasteiger partial charge in [-0.1, -0.05) is 18.2 Å². The Morgan fingerprint density at radius 2 is 1.93 bits per heavy atom. The maximum Gasteiger partial charge on any atom is 0.339 e. The molecule has 146 valence electrons. The summed E-state index contributed by atoms with van der Waals surface area (Å²) in [5.41, 5.74) is 2.23. The molecular weight excluding hydrogens is 362 g/mol. The second-order valence-electron chi connectivity index (χ2n) is 6.62. The van der Waals surface area contributed by atoms with E-state index in [0.717, 1.165) is 17.7 Å². The largest absolute Gasteiger partial charge is 0.493 e. The maximum atomic E-state index is 12.8. The van der Waals surface area contributed by atoms with E-state index >= 15 is 0 Å². The van der Waals surface area contributed by atoms with Gasteiger partial charge in [-0.3, -0.25) is 4.79 Å². The number of rotatable bonds is 4. The van der Waals surface area contributed by atoms with Crippen molar-refractivity contribution in [2.24, 2.45) is 0 Å². The number of carbonyl (C=O) groups is 2. The highest BCUT2D eigenvalue weighted by Gasteiger charge is 2.30. The topological polar surface area (TPSA) is 74.3 Å². The van der Waals surface area contributed by atoms with Gasteiger partial charge in [0.1, 0.15) is 13.2 Å². The van der Waals surface area contributed by atoms with Crippen molar-refractivity contribution in [1.29, 1.82) is 0 Å². The molecule has 28 heavy (non-hydrogen) atoms. The van der Waals surface area contributed by atoms with E-state index in [2.05, 4.69) is 0 Å². The van der Waals surface area contributed by atoms with Gasteiger partial charge in [-0.25, -0.2) is 4.79 Å². The number of benzene rings is 2. The maximum absolute atomic E-state index is 12.8. The summed E-state index contributed by atoms with van der Waals surface area (Å²) in [7, 11) is 1.49. The number of fused-ring (bicyclic) bond motifs is 2. The standard InChI is InChI=1S/C21H21NO6/c1-13(20(23)22-8-7-14-5-3-4-6-16(14)22)28-21(24)15-11-17(25-2)19-18(12-15)26-9-10-27-19/h3-6,11-13H,7-10H2,1-2H3. The van der Waals surface area contributed by atoms with Gasteiger partial charge in [-0.05, 0) is 37.1 Å². The molecule has 1 atom stereocenters. The van der Waals surface area contributed by atoms with Crippen molar-refractivity contribution < 1.29 is 28.5 Å². The number of carbonyl (C=O) groups excluding carboxylic acids is 2. The third-order valence-electron chi connectivity index (χ3n) is 4.85. The number of esters is 1. The zero-order chi connectivity index (χ0) is 19.7. The van der Waals surface area contributed by atoms with Gasteiger partial charge >= 0.3 is 5.97 Å². The minimum atomic E-state index is -0.919. The fraction of sp³-hybridized carbons (Fsp3) is 0.333. The summed E-state index contributed by atoms with van der Waals surface area (Å²) in [4.78, 5) is 27.1. The molecule has 2 aromatic carbocycles. The first-order chi connectivity index (χ1) is 13.6. The summed E-state index contributed by atoms with van der Waals surface area (Å²) < 4.78 is 21.8. The smallest absolute Gasteiger partial charge is 0.339 e. The van der Waals surface area contributed by atoms with Gasteiger partial charge in [0.2, 0.25) is 5.75 Å². The van der Waals surface area contributed by atoms with Crippen LogP contribution < -0.4 is 19.1 Å². The van der Waals surface area contributed by atoms with Gasteiger partial charge in [0, 0.05) is 12.2 Å². The SMILES string of the molecule is COc1cc(C(=O)OC(C)C(=O)N2CCc3ccccc32)cc2c1OCCO2. The van der Waals surface area contributed by atoms with Crippen LogP contribution in [0.15, 0.2) is 36.4 Å². The van der Waals surface area contributed by atoms with E-state index in [1.54, 1.807) is 17.9 Å². The highest BCUT2D eigenvalue weighted by atomic mass is 16.6. The quantitative estimate of drug-likeness (QED) is 0.756. The normalized spacial score (nSPS) is 15.6. The van der Waals surface area contributed by atoms with Crippen LogP contribution >= 0.6 is 0 Å². The third-order valence-corrected chi connectivity index (χ3v) is 4.85. The van der Waals surface area contributed by atoms with Gasteiger partial charge in [-0.15, -0.1) is 0 Å². The zero-order valence-corrected chi connectivity index (χ0v) is 15.8. The lowest BCUT2D eigenvalue weighted by Gasteiger charge is -2.23. The lowest BCUT2D eigenvalue weighted by Crippen LogP contribution is -2.39. The monoisotopic (exact) mass is 383 g/mol. The number of ether oxygens (including phenoxy) is 4. The van der Waals surface area contributed by atoms with Crippen molar-refractivity contribution >= 4 is 17.6 Å². The van der Waals surface area contributed by atoms with Gasteiger partial charge < -0.3 is 23.8 Å². The summed E-state index contributed by atoms with van der Waals surface area (Å²) in [6.45, 7) is 2.96. The van der Waals surface area contributed by atoms with Crippen molar-refractivity contribution in [3.05, 3.63) is 47.5 Å². The molecule has 0 radical (unpaired) electrons. The van der Waals surface area contributed by atoms with E-state index in [1.165, 1.54) is 13.2 Å². The Kier molecular flexibility index (Phi) is 4.81. The van der Waals surface area contributed by atoms with Crippen LogP contribution in [-0.2, 0) is 16.0 Å². The molecule has 7 heteroatoms. The molecule has 0 aromatic heterocycles. The van der Waals surface area contributed by atoms with Crippen LogP contribution in [-0.4, -0.2) is 44.8 Å². The van der Waals surface area contributed by atoms with Crippen LogP contribution in [0.4, 0.5) is 5.69 Å². The Labute approximate surface area is 162 Å². The van der Waals surface area contributed by atoms with E-state index in [-0.39, 0.29) is 11.5 Å². The first-order valence-electron chi connectivity index (χ1n) is 9.16. The molecule has 1 unspecified atom stereocenters. The lowest BCUT2D eigenvalue weighted by atomic mass is 10.1. The lowest BCUT2D eigenvalue weighted by molar-refractivity contribution is -0.126. The van der Waals surface area contributed by atoms with Crippen LogP contribution in [0.25, 0.3) is 0 Å². The average Bonchev–Trinajstić information content (AvgIpc) is 3.16. The van der Waals surface area contributed by atoms with Gasteiger partial charge in [0.05, 0.1) is 12.7 Å². The van der Waals surface area contributed by atoms with Crippen molar-refractivity contribution in [2.75, 3.05) is 31.8 Å². The van der Waals surface area contributed by atoms with Crippen LogP contribution in [0, 0.1) is 0 Å². The number of hydrogen-bond acceptors (Lipinski definition) is 6. The Morgan fingerprint density at radius 1 is 1.14 bits per heavy atom. The molecular formula is C21H21NO6. The van der Waals surface area contributed by atoms with Crippen molar-refractivity contribution in [2.45, 2.75) is 19.4 Å². The molecule has 0 N–H and O–H groups in total. The molecule has 0 saturated heterocycles. The molecule has 0 saturated carbocycles. The van der Waals surface area contributed by atoms with E-state index in [0.29, 0.717) is 37.0 Å². The van der Waals surface area contributed by atoms with E-state index in [1.807, 2.05) is 24.3 Å². The summed E-state index contributed by atoms with van der Waals surface area (Å²) in [5.74, 6) is 0.399. The molecule has 2 aliphatic rings. The minimum Gasteiger partial charge on any atom is -0.493 e. The predicted molar refractivity (Wildman–Crippen MR) is 101 cm³/mol. The number of anilines is 1. The first-order valence-corrected chi connectivity index (χ1v) is 9.16. The van der Waals surface area contributed by atoms with Crippen LogP contribution in [0.2, 0.25) is 0 Å². The van der Waals surface area contributed by atoms with Crippen LogP contribution in [0.3, 0.4) is 0 Å². The summed E-state index contributed by atoms with van der Waals surface area (Å²) in [6.07, 6.45) is -0.125. The second kappa shape index (κ2) is 7.42. The Hall–Kier alpha value is -3.22. The molecule has 7 nitrogen and oxygen atoms in total. The second-order valence-corrected chi connectivity index (χ2v) is 6.62. The van der Waals surface area contributed by atoms with Crippen molar-refractivity contribution in [3.8, 4) is 17.2 Å². The predicted octanol–water partition coefficient (Wildman–Crippen LogP) is 2.60. The van der Waals surface area contributed by atoms with E-state index < -0.39 is 12.1 Å². The molecule has 4 rings (SSSR count). The Balaban J connectivity index is 1.50. The van der Waals surface area contributed by atoms with Crippen molar-refractivity contribution in [1.82, 2.24) is 0 Å². The molecule has 2 aromatic rings. The number of nitrogens with zero attached hydrogens (tertiary/aromatic N) is 1. The summed E-state index contributed by atoms with van der Waals surface area (Å²) >= 11 is 0. The molecule has 2 heterocycles. The minimum absolute atomic E-state index is 0.238. The third kappa shape index (κ3) is 3.24. The van der Waals surface area contributed by atoms with Gasteiger partial charge in [0.25, 0.3) is 5.91 Å². The van der Waals surface area contributed by atoms with E-state index in [4.69, 9.17) is 18.9 Å². The highest BCUT2D eigenvalue weighted by Crippen LogP contribution is 2.40. The summed E-state index contributed by atoms with van der Waals surface area (Å²) in [5, 5.41) is 0. The summed E-state index contributed by atoms with van der Waals surface area (Å²) in [6, 6.07) is 10.8. The molecule has 0 fully saturated rings. The Bertz CT molecular complexity index is 908. The molecule has 0 bridgehead atoms. The number of hydrogen-bond donors (Lipinski definition) is 0. The molecule has 0 aliphatic carbocycles. The molecule has 1 amide bonds. The van der Waals surface area contributed by atoms with Crippen LogP contribution in [0.1, 0.15) is 22.8 Å². The fourth-order valence-electron chi connectivity index (χ4n) is 3.46. The van der Waals surface area contributed by atoms with E-state index in [9.17, 15) is 9.59 Å².